The average molecular weight is 511 g/mol. The standard InChI is InChI=1S/C23H24F2N2O7S/c1-35(32,33)11-10-19(20(28)29)27-21(30)23(24,25)13-26-22(31)34-12-18-16-8-4-2-6-14(16)15-7-3-5-9-17(15)18/h2-9,18-19H,10-13H2,1H3,(H,26,31)(H,27,30)(H,28,29). The summed E-state index contributed by atoms with van der Waals surface area (Å²) in [5.74, 6) is -8.69. The van der Waals surface area contributed by atoms with Gasteiger partial charge in [-0.05, 0) is 28.7 Å². The summed E-state index contributed by atoms with van der Waals surface area (Å²) in [7, 11) is -3.57. The van der Waals surface area contributed by atoms with Crippen LogP contribution in [0, 0.1) is 0 Å². The first-order valence-electron chi connectivity index (χ1n) is 10.6. The molecule has 0 heterocycles. The third-order valence-corrected chi connectivity index (χ3v) is 6.49. The number of fused-ring (bicyclic) bond motifs is 3. The van der Waals surface area contributed by atoms with Crippen LogP contribution in [0.25, 0.3) is 11.1 Å². The number of hydrogen-bond acceptors (Lipinski definition) is 6. The van der Waals surface area contributed by atoms with E-state index in [9.17, 15) is 31.6 Å². The molecule has 0 fully saturated rings. The van der Waals surface area contributed by atoms with E-state index in [1.54, 1.807) is 5.32 Å². The molecule has 0 radical (unpaired) electrons. The van der Waals surface area contributed by atoms with E-state index in [4.69, 9.17) is 9.84 Å². The van der Waals surface area contributed by atoms with Gasteiger partial charge in [-0.25, -0.2) is 18.0 Å². The number of carbonyl (C=O) groups excluding carboxylic acids is 2. The van der Waals surface area contributed by atoms with Crippen molar-refractivity contribution in [2.75, 3.05) is 25.2 Å². The lowest BCUT2D eigenvalue weighted by atomic mass is 9.98. The largest absolute Gasteiger partial charge is 0.480 e. The van der Waals surface area contributed by atoms with Crippen molar-refractivity contribution in [3.63, 3.8) is 0 Å². The Balaban J connectivity index is 1.55. The monoisotopic (exact) mass is 510 g/mol. The quantitative estimate of drug-likeness (QED) is 0.445. The zero-order chi connectivity index (χ0) is 25.8. The number of nitrogens with one attached hydrogen (secondary N) is 2. The molecule has 2 amide bonds. The molecule has 9 nitrogen and oxygen atoms in total. The Labute approximate surface area is 200 Å². The van der Waals surface area contributed by atoms with Gasteiger partial charge in [-0.1, -0.05) is 48.5 Å². The molecular weight excluding hydrogens is 486 g/mol. The van der Waals surface area contributed by atoms with Crippen molar-refractivity contribution in [2.24, 2.45) is 0 Å². The van der Waals surface area contributed by atoms with Gasteiger partial charge in [-0.3, -0.25) is 4.79 Å². The lowest BCUT2D eigenvalue weighted by Crippen LogP contribution is -2.53. The van der Waals surface area contributed by atoms with Crippen molar-refractivity contribution in [1.82, 2.24) is 10.6 Å². The fourth-order valence-corrected chi connectivity index (χ4v) is 4.43. The van der Waals surface area contributed by atoms with Crippen LogP contribution in [0.2, 0.25) is 0 Å². The second kappa shape index (κ2) is 10.4. The van der Waals surface area contributed by atoms with Gasteiger partial charge >= 0.3 is 18.0 Å². The van der Waals surface area contributed by atoms with Crippen LogP contribution in [-0.2, 0) is 24.2 Å². The molecule has 2 aromatic carbocycles. The van der Waals surface area contributed by atoms with Gasteiger partial charge in [-0.15, -0.1) is 0 Å². The molecule has 1 aliphatic carbocycles. The third-order valence-electron chi connectivity index (χ3n) is 5.51. The van der Waals surface area contributed by atoms with E-state index < -0.39 is 58.5 Å². The van der Waals surface area contributed by atoms with Crippen LogP contribution in [0.4, 0.5) is 13.6 Å². The second-order valence-corrected chi connectivity index (χ2v) is 10.4. The van der Waals surface area contributed by atoms with Crippen LogP contribution < -0.4 is 10.6 Å². The molecule has 0 aromatic heterocycles. The Hall–Kier alpha value is -3.54. The lowest BCUT2D eigenvalue weighted by molar-refractivity contribution is -0.150. The van der Waals surface area contributed by atoms with Gasteiger partial charge < -0.3 is 20.5 Å². The highest BCUT2D eigenvalue weighted by molar-refractivity contribution is 7.90. The Morgan fingerprint density at radius 3 is 2.11 bits per heavy atom. The van der Waals surface area contributed by atoms with Crippen molar-refractivity contribution in [3.05, 3.63) is 59.7 Å². The summed E-state index contributed by atoms with van der Waals surface area (Å²) in [6.07, 6.45) is -0.914. The maximum Gasteiger partial charge on any atom is 0.407 e. The molecule has 0 spiro atoms. The van der Waals surface area contributed by atoms with E-state index in [0.717, 1.165) is 28.5 Å². The minimum atomic E-state index is -4.16. The minimum absolute atomic E-state index is 0.121. The first-order valence-corrected chi connectivity index (χ1v) is 12.6. The van der Waals surface area contributed by atoms with Crippen LogP contribution in [0.1, 0.15) is 23.5 Å². The summed E-state index contributed by atoms with van der Waals surface area (Å²) in [6.45, 7) is -1.56. The third kappa shape index (κ3) is 6.53. The zero-order valence-electron chi connectivity index (χ0n) is 18.7. The molecule has 0 saturated heterocycles. The molecule has 12 heteroatoms. The first kappa shape index (κ1) is 26.1. The molecule has 1 unspecified atom stereocenters. The number of amides is 2. The van der Waals surface area contributed by atoms with Crippen LogP contribution in [-0.4, -0.2) is 68.6 Å². The maximum absolute atomic E-state index is 14.2. The van der Waals surface area contributed by atoms with Gasteiger partial charge in [-0.2, -0.15) is 8.78 Å². The van der Waals surface area contributed by atoms with E-state index in [2.05, 4.69) is 0 Å². The number of halogens is 2. The number of hydrogen-bond donors (Lipinski definition) is 3. The van der Waals surface area contributed by atoms with Crippen LogP contribution in [0.15, 0.2) is 48.5 Å². The summed E-state index contributed by atoms with van der Waals surface area (Å²) in [4.78, 5) is 35.2. The molecule has 3 N–H and O–H groups in total. The number of carboxylic acid groups (broad SMARTS) is 1. The number of carbonyl (C=O) groups is 3. The molecule has 35 heavy (non-hydrogen) atoms. The van der Waals surface area contributed by atoms with Crippen molar-refractivity contribution < 1.29 is 41.4 Å². The van der Waals surface area contributed by atoms with Crippen molar-refractivity contribution in [3.8, 4) is 11.1 Å². The van der Waals surface area contributed by atoms with Gasteiger partial charge in [0.25, 0.3) is 5.91 Å². The number of alkyl halides is 2. The van der Waals surface area contributed by atoms with Crippen molar-refractivity contribution in [2.45, 2.75) is 24.3 Å². The molecule has 1 atom stereocenters. The number of sulfone groups is 1. The fraction of sp³-hybridized carbons (Fsp3) is 0.348. The van der Waals surface area contributed by atoms with Crippen LogP contribution in [0.5, 0.6) is 0 Å². The molecule has 2 aromatic rings. The highest BCUT2D eigenvalue weighted by Crippen LogP contribution is 2.44. The molecule has 188 valence electrons. The Kier molecular flexibility index (Phi) is 7.73. The highest BCUT2D eigenvalue weighted by Gasteiger charge is 2.41. The summed E-state index contributed by atoms with van der Waals surface area (Å²) < 4.78 is 56.0. The van der Waals surface area contributed by atoms with E-state index in [1.807, 2.05) is 53.8 Å². The molecule has 3 rings (SSSR count). The van der Waals surface area contributed by atoms with E-state index in [0.29, 0.717) is 0 Å². The van der Waals surface area contributed by atoms with Gasteiger partial charge in [0.05, 0.1) is 12.3 Å². The second-order valence-electron chi connectivity index (χ2n) is 8.17. The molecular formula is C23H24F2N2O7S. The summed E-state index contributed by atoms with van der Waals surface area (Å²) in [5, 5.41) is 12.5. The Bertz CT molecular complexity index is 1190. The van der Waals surface area contributed by atoms with Crippen LogP contribution >= 0.6 is 0 Å². The normalized spacial score (nSPS) is 13.9. The molecule has 0 aliphatic heterocycles. The van der Waals surface area contributed by atoms with Crippen molar-refractivity contribution in [1.29, 1.82) is 0 Å². The smallest absolute Gasteiger partial charge is 0.407 e. The summed E-state index contributed by atoms with van der Waals surface area (Å²) in [5.41, 5.74) is 3.84. The zero-order valence-corrected chi connectivity index (χ0v) is 19.5. The lowest BCUT2D eigenvalue weighted by Gasteiger charge is -2.20. The average Bonchev–Trinajstić information content (AvgIpc) is 3.12. The summed E-state index contributed by atoms with van der Waals surface area (Å²) in [6, 6.07) is 13.3. The minimum Gasteiger partial charge on any atom is -0.480 e. The number of alkyl carbamates (subject to hydrolysis) is 1. The Morgan fingerprint density at radius 2 is 1.60 bits per heavy atom. The fourth-order valence-electron chi connectivity index (χ4n) is 3.77. The molecule has 0 bridgehead atoms. The van der Waals surface area contributed by atoms with Gasteiger partial charge in [0, 0.05) is 12.2 Å². The number of ether oxygens (including phenoxy) is 1. The van der Waals surface area contributed by atoms with Gasteiger partial charge in [0.1, 0.15) is 22.5 Å². The molecule has 1 aliphatic rings. The molecule has 0 saturated carbocycles. The van der Waals surface area contributed by atoms with Crippen molar-refractivity contribution >= 4 is 27.8 Å². The Morgan fingerprint density at radius 1 is 1.06 bits per heavy atom. The predicted octanol–water partition coefficient (Wildman–Crippen LogP) is 2.16. The van der Waals surface area contributed by atoms with E-state index in [-0.39, 0.29) is 12.5 Å². The number of carboxylic acids is 1. The van der Waals surface area contributed by atoms with Gasteiger partial charge in [0.2, 0.25) is 0 Å². The van der Waals surface area contributed by atoms with E-state index >= 15 is 0 Å². The van der Waals surface area contributed by atoms with Gasteiger partial charge in [0.15, 0.2) is 0 Å². The number of rotatable bonds is 10. The summed E-state index contributed by atoms with van der Waals surface area (Å²) >= 11 is 0. The topological polar surface area (TPSA) is 139 Å². The first-order chi connectivity index (χ1) is 16.4. The van der Waals surface area contributed by atoms with Crippen LogP contribution in [0.3, 0.4) is 0 Å². The predicted molar refractivity (Wildman–Crippen MR) is 122 cm³/mol. The number of aliphatic carboxylic acids is 1. The number of benzene rings is 2. The highest BCUT2D eigenvalue weighted by atomic mass is 32.2. The van der Waals surface area contributed by atoms with E-state index in [1.165, 1.54) is 0 Å². The SMILES string of the molecule is CS(=O)(=O)CCC(NC(=O)C(F)(F)CNC(=O)OCC1c2ccccc2-c2ccccc21)C(=O)O. The maximum atomic E-state index is 14.2.